The number of para-hydroxylation sites is 2. The van der Waals surface area contributed by atoms with E-state index in [2.05, 4.69) is 58.0 Å². The van der Waals surface area contributed by atoms with E-state index in [9.17, 15) is 0 Å². The summed E-state index contributed by atoms with van der Waals surface area (Å²) < 4.78 is 0. The van der Waals surface area contributed by atoms with E-state index >= 15 is 0 Å². The fourth-order valence-corrected chi connectivity index (χ4v) is 7.02. The highest BCUT2D eigenvalue weighted by Gasteiger charge is 2.40. The van der Waals surface area contributed by atoms with Crippen molar-refractivity contribution in [3.05, 3.63) is 24.3 Å². The van der Waals surface area contributed by atoms with Gasteiger partial charge in [-0.3, -0.25) is 4.90 Å². The van der Waals surface area contributed by atoms with Gasteiger partial charge in [0.25, 0.3) is 0 Å². The predicted octanol–water partition coefficient (Wildman–Crippen LogP) is 4.66. The zero-order valence-electron chi connectivity index (χ0n) is 19.3. The van der Waals surface area contributed by atoms with Gasteiger partial charge < -0.3 is 14.7 Å². The van der Waals surface area contributed by atoms with Gasteiger partial charge in [0, 0.05) is 38.3 Å². The molecule has 0 aromatic heterocycles. The van der Waals surface area contributed by atoms with Crippen LogP contribution in [0.1, 0.15) is 57.8 Å². The van der Waals surface area contributed by atoms with Crippen LogP contribution < -0.4 is 9.80 Å². The van der Waals surface area contributed by atoms with Gasteiger partial charge in [0.15, 0.2) is 0 Å². The Balaban J connectivity index is 1.22. The van der Waals surface area contributed by atoms with Crippen LogP contribution in [-0.4, -0.2) is 68.8 Å². The lowest BCUT2D eigenvalue weighted by molar-refractivity contribution is 0.0269. The van der Waals surface area contributed by atoms with Crippen LogP contribution in [0.3, 0.4) is 0 Å². The summed E-state index contributed by atoms with van der Waals surface area (Å²) in [7, 11) is 4.36. The van der Waals surface area contributed by atoms with Crippen molar-refractivity contribution in [2.45, 2.75) is 69.9 Å². The average molecular weight is 411 g/mol. The van der Waals surface area contributed by atoms with Crippen molar-refractivity contribution in [2.75, 3.05) is 56.7 Å². The average Bonchev–Trinajstić information content (AvgIpc) is 3.16. The number of fused-ring (bicyclic) bond motifs is 2. The first-order valence-corrected chi connectivity index (χ1v) is 12.7. The number of hydrogen-bond donors (Lipinski definition) is 0. The SMILES string of the molecule is CN(C)CCN1CN(C2CCN(C3CCCC4CCCCC43)CC2)c2ccccc21. The van der Waals surface area contributed by atoms with Crippen LogP contribution in [0.2, 0.25) is 0 Å². The molecule has 0 spiro atoms. The standard InChI is InChI=1S/C26H42N4/c1-27(2)18-19-29-20-30(26-12-6-5-11-25(26)29)22-14-16-28(17-15-22)24-13-7-9-21-8-3-4-10-23(21)24/h5-6,11-12,21-24H,3-4,7-10,13-20H2,1-2H3. The van der Waals surface area contributed by atoms with Gasteiger partial charge in [0.05, 0.1) is 18.0 Å². The summed E-state index contributed by atoms with van der Waals surface area (Å²) in [5.74, 6) is 2.06. The van der Waals surface area contributed by atoms with Crippen molar-refractivity contribution in [3.8, 4) is 0 Å². The van der Waals surface area contributed by atoms with Gasteiger partial charge in [0.2, 0.25) is 0 Å². The normalized spacial score (nSPS) is 30.6. The molecule has 4 aliphatic rings. The molecule has 2 heterocycles. The Morgan fingerprint density at radius 1 is 0.867 bits per heavy atom. The summed E-state index contributed by atoms with van der Waals surface area (Å²) in [5.41, 5.74) is 2.92. The topological polar surface area (TPSA) is 13.0 Å². The van der Waals surface area contributed by atoms with Gasteiger partial charge in [-0.05, 0) is 63.7 Å². The van der Waals surface area contributed by atoms with E-state index in [-0.39, 0.29) is 0 Å². The first kappa shape index (κ1) is 20.6. The van der Waals surface area contributed by atoms with Crippen molar-refractivity contribution >= 4 is 11.4 Å². The Kier molecular flexibility index (Phi) is 6.24. The van der Waals surface area contributed by atoms with Crippen LogP contribution in [0.25, 0.3) is 0 Å². The van der Waals surface area contributed by atoms with Gasteiger partial charge in [0.1, 0.15) is 0 Å². The maximum Gasteiger partial charge on any atom is 0.0907 e. The number of benzene rings is 1. The molecule has 4 nitrogen and oxygen atoms in total. The number of hydrogen-bond acceptors (Lipinski definition) is 4. The first-order valence-electron chi connectivity index (χ1n) is 12.7. The number of likely N-dealkylation sites (N-methyl/N-ethyl adjacent to an activating group) is 1. The minimum Gasteiger partial charge on any atom is -0.351 e. The Hall–Kier alpha value is -1.26. The van der Waals surface area contributed by atoms with E-state index in [4.69, 9.17) is 0 Å². The molecular formula is C26H42N4. The highest BCUT2D eigenvalue weighted by Crippen LogP contribution is 2.44. The Morgan fingerprint density at radius 2 is 1.60 bits per heavy atom. The lowest BCUT2D eigenvalue weighted by Gasteiger charge is -2.49. The van der Waals surface area contributed by atoms with Gasteiger partial charge in [-0.2, -0.15) is 0 Å². The van der Waals surface area contributed by atoms with Gasteiger partial charge in [-0.25, -0.2) is 0 Å². The third-order valence-corrected chi connectivity index (χ3v) is 8.62. The molecule has 2 aliphatic carbocycles. The van der Waals surface area contributed by atoms with E-state index in [1.807, 2.05) is 0 Å². The molecule has 3 unspecified atom stereocenters. The second-order valence-corrected chi connectivity index (χ2v) is 10.6. The van der Waals surface area contributed by atoms with E-state index in [0.717, 1.165) is 37.6 Å². The monoisotopic (exact) mass is 410 g/mol. The van der Waals surface area contributed by atoms with Crippen LogP contribution in [0.5, 0.6) is 0 Å². The number of anilines is 2. The van der Waals surface area contributed by atoms with E-state index in [1.54, 1.807) is 0 Å². The molecule has 3 fully saturated rings. The van der Waals surface area contributed by atoms with E-state index in [0.29, 0.717) is 6.04 Å². The fraction of sp³-hybridized carbons (Fsp3) is 0.769. The smallest absolute Gasteiger partial charge is 0.0907 e. The summed E-state index contributed by atoms with van der Waals surface area (Å²) in [6.07, 6.45) is 13.2. The van der Waals surface area contributed by atoms with Gasteiger partial charge >= 0.3 is 0 Å². The number of likely N-dealkylation sites (tertiary alicyclic amines) is 1. The van der Waals surface area contributed by atoms with Crippen LogP contribution >= 0.6 is 0 Å². The first-order chi connectivity index (χ1) is 14.7. The maximum absolute atomic E-state index is 2.92. The van der Waals surface area contributed by atoms with Crippen molar-refractivity contribution < 1.29 is 0 Å². The Bertz CT molecular complexity index is 694. The lowest BCUT2D eigenvalue weighted by Crippen LogP contribution is -2.53. The molecule has 0 radical (unpaired) electrons. The molecule has 4 heteroatoms. The minimum absolute atomic E-state index is 0.706. The lowest BCUT2D eigenvalue weighted by atomic mass is 9.67. The molecule has 3 atom stereocenters. The third-order valence-electron chi connectivity index (χ3n) is 8.62. The van der Waals surface area contributed by atoms with Crippen molar-refractivity contribution in [2.24, 2.45) is 11.8 Å². The molecule has 2 saturated carbocycles. The van der Waals surface area contributed by atoms with Crippen molar-refractivity contribution in [1.82, 2.24) is 9.80 Å². The predicted molar refractivity (Wildman–Crippen MR) is 127 cm³/mol. The number of piperidine rings is 1. The zero-order valence-corrected chi connectivity index (χ0v) is 19.3. The highest BCUT2D eigenvalue weighted by atomic mass is 15.4. The molecule has 1 aromatic rings. The summed E-state index contributed by atoms with van der Waals surface area (Å²) in [6, 6.07) is 10.7. The molecule has 166 valence electrons. The Morgan fingerprint density at radius 3 is 2.40 bits per heavy atom. The largest absolute Gasteiger partial charge is 0.351 e. The molecule has 1 saturated heterocycles. The van der Waals surface area contributed by atoms with Crippen molar-refractivity contribution in [1.29, 1.82) is 0 Å². The molecule has 0 N–H and O–H groups in total. The molecule has 30 heavy (non-hydrogen) atoms. The molecule has 0 amide bonds. The van der Waals surface area contributed by atoms with Gasteiger partial charge in [-0.15, -0.1) is 0 Å². The zero-order chi connectivity index (χ0) is 20.5. The number of rotatable bonds is 5. The number of nitrogens with zero attached hydrogens (tertiary/aromatic N) is 4. The molecule has 5 rings (SSSR count). The third kappa shape index (κ3) is 4.10. The highest BCUT2D eigenvalue weighted by molar-refractivity contribution is 5.76. The second-order valence-electron chi connectivity index (χ2n) is 10.6. The van der Waals surface area contributed by atoms with Gasteiger partial charge in [-0.1, -0.05) is 44.2 Å². The quantitative estimate of drug-likeness (QED) is 0.700. The molecule has 2 aliphatic heterocycles. The van der Waals surface area contributed by atoms with Crippen LogP contribution in [-0.2, 0) is 0 Å². The molecule has 1 aromatic carbocycles. The minimum atomic E-state index is 0.706. The summed E-state index contributed by atoms with van der Waals surface area (Å²) >= 11 is 0. The fourth-order valence-electron chi connectivity index (χ4n) is 7.02. The Labute approximate surface area is 184 Å². The van der Waals surface area contributed by atoms with E-state index in [1.165, 1.54) is 82.3 Å². The summed E-state index contributed by atoms with van der Waals surface area (Å²) in [4.78, 5) is 10.5. The second kappa shape index (κ2) is 9.08. The van der Waals surface area contributed by atoms with Crippen molar-refractivity contribution in [3.63, 3.8) is 0 Å². The van der Waals surface area contributed by atoms with Crippen LogP contribution in [0, 0.1) is 11.8 Å². The molecule has 0 bridgehead atoms. The van der Waals surface area contributed by atoms with Crippen LogP contribution in [0.4, 0.5) is 11.4 Å². The maximum atomic E-state index is 2.92. The molecular weight excluding hydrogens is 368 g/mol. The van der Waals surface area contributed by atoms with E-state index < -0.39 is 0 Å². The van der Waals surface area contributed by atoms with Crippen LogP contribution in [0.15, 0.2) is 24.3 Å². The summed E-state index contributed by atoms with van der Waals surface area (Å²) in [6.45, 7) is 5.94. The summed E-state index contributed by atoms with van der Waals surface area (Å²) in [5, 5.41) is 0.